The number of ketones is 1. The van der Waals surface area contributed by atoms with Crippen molar-refractivity contribution in [2.45, 2.75) is 95.6 Å². The molecule has 1 N–H and O–H groups in total. The predicted molar refractivity (Wildman–Crippen MR) is 148 cm³/mol. The average Bonchev–Trinajstić information content (AvgIpc) is 3.27. The van der Waals surface area contributed by atoms with Crippen LogP contribution in [0.3, 0.4) is 0 Å². The summed E-state index contributed by atoms with van der Waals surface area (Å²) < 4.78 is 30.5. The first kappa shape index (κ1) is 30.9. The highest BCUT2D eigenvalue weighted by molar-refractivity contribution is 5.97. The molecule has 11 nitrogen and oxygen atoms in total. The number of hydrogen-bond acceptors (Lipinski definition) is 11. The van der Waals surface area contributed by atoms with Gasteiger partial charge in [0.1, 0.15) is 17.3 Å². The summed E-state index contributed by atoms with van der Waals surface area (Å²) in [7, 11) is 0. The summed E-state index contributed by atoms with van der Waals surface area (Å²) in [6, 6.07) is 8.15. The monoisotopic (exact) mass is 598 g/mol. The van der Waals surface area contributed by atoms with Gasteiger partial charge in [-0.15, -0.1) is 0 Å². The van der Waals surface area contributed by atoms with Crippen molar-refractivity contribution in [3.05, 3.63) is 48.0 Å². The number of carbonyl (C=O) groups is 5. The van der Waals surface area contributed by atoms with Crippen molar-refractivity contribution in [3.8, 4) is 0 Å². The van der Waals surface area contributed by atoms with Crippen molar-refractivity contribution in [1.29, 1.82) is 0 Å². The van der Waals surface area contributed by atoms with Gasteiger partial charge in [0.2, 0.25) is 0 Å². The van der Waals surface area contributed by atoms with Crippen LogP contribution in [-0.4, -0.2) is 75.5 Å². The van der Waals surface area contributed by atoms with Crippen LogP contribution in [0, 0.1) is 23.7 Å². The summed E-state index contributed by atoms with van der Waals surface area (Å²) in [6.45, 7) is 10.2. The van der Waals surface area contributed by atoms with Crippen molar-refractivity contribution < 1.29 is 52.8 Å². The molecule has 0 spiro atoms. The fourth-order valence-corrected chi connectivity index (χ4v) is 8.34. The zero-order valence-corrected chi connectivity index (χ0v) is 25.3. The molecular weight excluding hydrogens is 560 g/mol. The molecule has 232 valence electrons. The molecule has 3 aliphatic carbocycles. The summed E-state index contributed by atoms with van der Waals surface area (Å²) in [5.74, 6) is -7.49. The van der Waals surface area contributed by atoms with Crippen LogP contribution in [0.5, 0.6) is 0 Å². The third-order valence-electron chi connectivity index (χ3n) is 9.53. The van der Waals surface area contributed by atoms with Gasteiger partial charge in [-0.2, -0.15) is 0 Å². The van der Waals surface area contributed by atoms with Gasteiger partial charge < -0.3 is 28.8 Å². The Balaban J connectivity index is 1.83. The van der Waals surface area contributed by atoms with E-state index < -0.39 is 94.0 Å². The molecule has 5 rings (SSSR count). The highest BCUT2D eigenvalue weighted by Gasteiger charge is 2.82. The fraction of sp³-hybridized carbons (Fsp3) is 0.594. The highest BCUT2D eigenvalue weighted by atomic mass is 16.6. The van der Waals surface area contributed by atoms with E-state index in [0.717, 1.165) is 13.8 Å². The average molecular weight is 599 g/mol. The van der Waals surface area contributed by atoms with Crippen LogP contribution in [0.4, 0.5) is 0 Å². The van der Waals surface area contributed by atoms with Crippen molar-refractivity contribution in [2.24, 2.45) is 23.7 Å². The minimum atomic E-state index is -2.24. The Bertz CT molecular complexity index is 1380. The van der Waals surface area contributed by atoms with Crippen LogP contribution in [0.15, 0.2) is 42.5 Å². The second kappa shape index (κ2) is 10.3. The zero-order chi connectivity index (χ0) is 31.7. The molecule has 0 aromatic heterocycles. The van der Waals surface area contributed by atoms with Gasteiger partial charge in [0.05, 0.1) is 23.0 Å². The Morgan fingerprint density at radius 2 is 1.53 bits per heavy atom. The second-order valence-corrected chi connectivity index (χ2v) is 12.9. The second-order valence-electron chi connectivity index (χ2n) is 12.9. The molecule has 0 amide bonds. The first-order valence-electron chi connectivity index (χ1n) is 14.4. The van der Waals surface area contributed by atoms with Gasteiger partial charge in [0, 0.05) is 26.7 Å². The molecule has 3 fully saturated rings. The lowest BCUT2D eigenvalue weighted by molar-refractivity contribution is -0.242. The van der Waals surface area contributed by atoms with E-state index in [1.165, 1.54) is 13.8 Å². The van der Waals surface area contributed by atoms with Gasteiger partial charge in [-0.05, 0) is 51.3 Å². The highest BCUT2D eigenvalue weighted by Crippen LogP contribution is 2.65. The molecule has 1 saturated heterocycles. The summed E-state index contributed by atoms with van der Waals surface area (Å²) in [5, 5.41) is 12.4. The van der Waals surface area contributed by atoms with Gasteiger partial charge in [0.15, 0.2) is 23.6 Å². The Morgan fingerprint density at radius 3 is 2.12 bits per heavy atom. The standard InChI is InChI=1S/C32H38O11/c1-16-15-31(38)23(24(16)39-17(2)33)26(40-18(3)34)32(42-19(4)35)22(41-27(36)20-11-9-8-10-12-20)14-13-21-25(32)30(7,28(31)37)43-29(21,5)6/h8-14,16,21-26,38H,15H2,1-7H3/t16-,21-,22+,23+,24-,25-,26+,30-,31+,32-/m0/s1. The van der Waals surface area contributed by atoms with E-state index in [1.54, 1.807) is 63.3 Å². The van der Waals surface area contributed by atoms with Crippen LogP contribution < -0.4 is 0 Å². The quantitative estimate of drug-likeness (QED) is 0.303. The molecule has 0 radical (unpaired) electrons. The minimum absolute atomic E-state index is 0.152. The zero-order valence-electron chi connectivity index (χ0n) is 25.3. The number of ether oxygens (including phenoxy) is 5. The molecule has 1 heterocycles. The van der Waals surface area contributed by atoms with Crippen LogP contribution in [0.2, 0.25) is 0 Å². The van der Waals surface area contributed by atoms with Crippen LogP contribution in [-0.2, 0) is 42.9 Å². The molecule has 4 aliphatic rings. The van der Waals surface area contributed by atoms with Crippen molar-refractivity contribution >= 4 is 29.7 Å². The Labute approximate surface area is 249 Å². The normalized spacial score (nSPS) is 40.5. The summed E-state index contributed by atoms with van der Waals surface area (Å²) in [6.07, 6.45) is -1.00. The lowest BCUT2D eigenvalue weighted by atomic mass is 9.60. The van der Waals surface area contributed by atoms with E-state index in [1.807, 2.05) is 0 Å². The molecule has 2 saturated carbocycles. The number of benzene rings is 1. The number of esters is 4. The van der Waals surface area contributed by atoms with Crippen LogP contribution >= 0.6 is 0 Å². The number of rotatable bonds is 5. The third kappa shape index (κ3) is 4.59. The van der Waals surface area contributed by atoms with Crippen molar-refractivity contribution in [2.75, 3.05) is 0 Å². The topological polar surface area (TPSA) is 152 Å². The molecule has 11 heteroatoms. The predicted octanol–water partition coefficient (Wildman–Crippen LogP) is 2.72. The number of carbonyl (C=O) groups excluding carboxylic acids is 5. The fourth-order valence-electron chi connectivity index (χ4n) is 8.34. The third-order valence-corrected chi connectivity index (χ3v) is 9.53. The summed E-state index contributed by atoms with van der Waals surface area (Å²) in [4.78, 5) is 66.5. The smallest absolute Gasteiger partial charge is 0.338 e. The van der Waals surface area contributed by atoms with Gasteiger partial charge in [0.25, 0.3) is 0 Å². The number of fused-ring (bicyclic) bond motifs is 1. The Kier molecular flexibility index (Phi) is 7.37. The van der Waals surface area contributed by atoms with E-state index in [9.17, 15) is 29.1 Å². The Hall–Kier alpha value is -3.57. The molecule has 1 aliphatic heterocycles. The molecular formula is C32H38O11. The molecule has 1 aromatic carbocycles. The van der Waals surface area contributed by atoms with Crippen LogP contribution in [0.1, 0.15) is 65.2 Å². The van der Waals surface area contributed by atoms with E-state index >= 15 is 0 Å². The van der Waals surface area contributed by atoms with Crippen molar-refractivity contribution in [3.63, 3.8) is 0 Å². The largest absolute Gasteiger partial charge is 0.462 e. The maximum Gasteiger partial charge on any atom is 0.338 e. The molecule has 10 atom stereocenters. The van der Waals surface area contributed by atoms with Gasteiger partial charge in [-0.1, -0.05) is 31.2 Å². The SMILES string of the molecule is CC(=O)O[C@@H]1[C@@H]2[C@@H](OC(C)=O)[C@@]3(OC(C)=O)[C@H]4[C@H](C=C[C@H]3OC(=O)c3ccccc3)C(C)(C)O[C@]4(C)C(=O)[C@@]2(O)C[C@@H]1C. The maximum atomic E-state index is 14.7. The van der Waals surface area contributed by atoms with Gasteiger partial charge in [-0.25, -0.2) is 4.79 Å². The van der Waals surface area contributed by atoms with E-state index in [2.05, 4.69) is 0 Å². The van der Waals surface area contributed by atoms with Crippen LogP contribution in [0.25, 0.3) is 0 Å². The van der Waals surface area contributed by atoms with E-state index in [0.29, 0.717) is 0 Å². The number of Topliss-reactive ketones (excluding diaryl/α,β-unsaturated/α-hetero) is 1. The number of hydrogen-bond donors (Lipinski definition) is 1. The van der Waals surface area contributed by atoms with Gasteiger partial charge in [-0.3, -0.25) is 19.2 Å². The summed E-state index contributed by atoms with van der Waals surface area (Å²) >= 11 is 0. The van der Waals surface area contributed by atoms with E-state index in [-0.39, 0.29) is 12.0 Å². The molecule has 0 bridgehead atoms. The van der Waals surface area contributed by atoms with E-state index in [4.69, 9.17) is 23.7 Å². The summed E-state index contributed by atoms with van der Waals surface area (Å²) in [5.41, 5.74) is -6.97. The maximum absolute atomic E-state index is 14.7. The van der Waals surface area contributed by atoms with Crippen molar-refractivity contribution in [1.82, 2.24) is 0 Å². The lowest BCUT2D eigenvalue weighted by Gasteiger charge is -2.52. The molecule has 1 aromatic rings. The first-order valence-corrected chi connectivity index (χ1v) is 14.4. The molecule has 0 unspecified atom stereocenters. The lowest BCUT2D eigenvalue weighted by Crippen LogP contribution is -2.69. The first-order chi connectivity index (χ1) is 20.0. The Morgan fingerprint density at radius 1 is 0.907 bits per heavy atom. The van der Waals surface area contributed by atoms with Gasteiger partial charge >= 0.3 is 23.9 Å². The minimum Gasteiger partial charge on any atom is -0.462 e. The molecule has 43 heavy (non-hydrogen) atoms. The number of aliphatic hydroxyl groups is 1.